The number of rotatable bonds is 6. The first-order valence-corrected chi connectivity index (χ1v) is 8.78. The van der Waals surface area contributed by atoms with Crippen molar-refractivity contribution in [2.24, 2.45) is 0 Å². The number of fused-ring (bicyclic) bond motifs is 1. The maximum atomic E-state index is 12.1. The lowest BCUT2D eigenvalue weighted by Gasteiger charge is -2.09. The van der Waals surface area contributed by atoms with Crippen LogP contribution in [0.15, 0.2) is 47.1 Å². The summed E-state index contributed by atoms with van der Waals surface area (Å²) in [6.45, 7) is 3.77. The molecule has 7 heteroatoms. The average Bonchev–Trinajstić information content (AvgIpc) is 3.09. The second kappa shape index (κ2) is 8.47. The number of benzene rings is 2. The Kier molecular flexibility index (Phi) is 5.84. The maximum absolute atomic E-state index is 12.1. The van der Waals surface area contributed by atoms with Crippen molar-refractivity contribution in [3.05, 3.63) is 59.4 Å². The number of nitrogens with one attached hydrogen (secondary N) is 2. The molecule has 0 unspecified atom stereocenters. The van der Waals surface area contributed by atoms with E-state index in [0.29, 0.717) is 17.1 Å². The molecule has 0 spiro atoms. The molecule has 0 fully saturated rings. The zero-order valence-electron chi connectivity index (χ0n) is 16.0. The molecule has 2 amide bonds. The van der Waals surface area contributed by atoms with Crippen LogP contribution in [-0.2, 0) is 16.0 Å². The molecular weight excluding hydrogens is 360 g/mol. The first kappa shape index (κ1) is 19.3. The Morgan fingerprint density at radius 2 is 1.71 bits per heavy atom. The van der Waals surface area contributed by atoms with Crippen LogP contribution in [0, 0.1) is 13.8 Å². The van der Waals surface area contributed by atoms with Crippen molar-refractivity contribution in [3.63, 3.8) is 0 Å². The maximum Gasteiger partial charge on any atom is 0.276 e. The summed E-state index contributed by atoms with van der Waals surface area (Å²) in [5.74, 6) is 0.463. The number of ether oxygens (including phenoxy) is 2. The lowest BCUT2D eigenvalue weighted by atomic mass is 10.1. The van der Waals surface area contributed by atoms with Crippen molar-refractivity contribution in [1.29, 1.82) is 0 Å². The molecule has 2 N–H and O–H groups in total. The fraction of sp³-hybridized carbons (Fsp3) is 0.238. The van der Waals surface area contributed by atoms with Crippen molar-refractivity contribution < 1.29 is 23.5 Å². The Labute approximate surface area is 162 Å². The summed E-state index contributed by atoms with van der Waals surface area (Å²) >= 11 is 0. The molecular formula is C21H22N2O5. The molecule has 0 atom stereocenters. The Morgan fingerprint density at radius 3 is 2.46 bits per heavy atom. The average molecular weight is 382 g/mol. The van der Waals surface area contributed by atoms with Crippen molar-refractivity contribution in [2.45, 2.75) is 20.3 Å². The van der Waals surface area contributed by atoms with E-state index >= 15 is 0 Å². The molecule has 2 aromatic carbocycles. The number of hydrogen-bond donors (Lipinski definition) is 2. The molecule has 1 aromatic heterocycles. The second-order valence-electron chi connectivity index (χ2n) is 6.43. The van der Waals surface area contributed by atoms with Crippen molar-refractivity contribution in [3.8, 4) is 11.5 Å². The lowest BCUT2D eigenvalue weighted by Crippen LogP contribution is -2.44. The molecule has 0 bridgehead atoms. The van der Waals surface area contributed by atoms with Gasteiger partial charge in [0.15, 0.2) is 6.61 Å². The van der Waals surface area contributed by atoms with Crippen LogP contribution in [0.25, 0.3) is 11.0 Å². The Balaban J connectivity index is 1.48. The summed E-state index contributed by atoms with van der Waals surface area (Å²) in [5.41, 5.74) is 8.30. The monoisotopic (exact) mass is 382 g/mol. The summed E-state index contributed by atoms with van der Waals surface area (Å²) in [5, 5.41) is 0.820. The minimum Gasteiger partial charge on any atom is -0.497 e. The molecule has 146 valence electrons. The number of methoxy groups -OCH3 is 1. The van der Waals surface area contributed by atoms with Gasteiger partial charge in [-0.15, -0.1) is 0 Å². The number of amides is 2. The first-order chi connectivity index (χ1) is 13.5. The fourth-order valence-corrected chi connectivity index (χ4v) is 2.67. The number of hydrogen-bond acceptors (Lipinski definition) is 5. The van der Waals surface area contributed by atoms with E-state index in [1.54, 1.807) is 25.3 Å². The number of hydrazine groups is 1. The van der Waals surface area contributed by atoms with Gasteiger partial charge in [-0.05, 0) is 49.2 Å². The lowest BCUT2D eigenvalue weighted by molar-refractivity contribution is -0.129. The quantitative estimate of drug-likeness (QED) is 0.640. The minimum absolute atomic E-state index is 0.0671. The second-order valence-corrected chi connectivity index (χ2v) is 6.43. The van der Waals surface area contributed by atoms with Crippen LogP contribution in [0.5, 0.6) is 11.5 Å². The van der Waals surface area contributed by atoms with Gasteiger partial charge in [0.1, 0.15) is 17.1 Å². The van der Waals surface area contributed by atoms with Gasteiger partial charge in [0, 0.05) is 17.0 Å². The molecule has 0 aliphatic rings. The predicted octanol–water partition coefficient (Wildman–Crippen LogP) is 2.83. The van der Waals surface area contributed by atoms with E-state index in [-0.39, 0.29) is 18.9 Å². The van der Waals surface area contributed by atoms with Crippen LogP contribution in [0.1, 0.15) is 16.7 Å². The molecule has 0 aliphatic carbocycles. The summed E-state index contributed by atoms with van der Waals surface area (Å²) in [6.07, 6.45) is 1.59. The van der Waals surface area contributed by atoms with Gasteiger partial charge in [0.2, 0.25) is 5.91 Å². The van der Waals surface area contributed by atoms with E-state index in [0.717, 1.165) is 22.1 Å². The highest BCUT2D eigenvalue weighted by molar-refractivity contribution is 5.89. The van der Waals surface area contributed by atoms with Gasteiger partial charge in [0.25, 0.3) is 5.91 Å². The Bertz CT molecular complexity index is 1010. The molecule has 3 aromatic rings. The molecule has 0 aliphatic heterocycles. The van der Waals surface area contributed by atoms with Gasteiger partial charge in [-0.2, -0.15) is 0 Å². The highest BCUT2D eigenvalue weighted by Crippen LogP contribution is 2.25. The van der Waals surface area contributed by atoms with E-state index in [4.69, 9.17) is 13.9 Å². The number of carbonyl (C=O) groups excluding carboxylic acids is 2. The fourth-order valence-electron chi connectivity index (χ4n) is 2.67. The smallest absolute Gasteiger partial charge is 0.276 e. The zero-order valence-corrected chi connectivity index (χ0v) is 16.0. The number of aryl methyl sites for hydroxylation is 2. The van der Waals surface area contributed by atoms with Gasteiger partial charge >= 0.3 is 0 Å². The van der Waals surface area contributed by atoms with Crippen LogP contribution in [-0.4, -0.2) is 25.5 Å². The summed E-state index contributed by atoms with van der Waals surface area (Å²) in [6, 6.07) is 11.0. The topological polar surface area (TPSA) is 89.8 Å². The first-order valence-electron chi connectivity index (χ1n) is 8.78. The van der Waals surface area contributed by atoms with Crippen LogP contribution in [0.4, 0.5) is 0 Å². The normalized spacial score (nSPS) is 10.5. The minimum atomic E-state index is -0.451. The van der Waals surface area contributed by atoms with Crippen LogP contribution in [0.3, 0.4) is 0 Å². The summed E-state index contributed by atoms with van der Waals surface area (Å²) in [4.78, 5) is 24.0. The van der Waals surface area contributed by atoms with Crippen molar-refractivity contribution in [1.82, 2.24) is 10.9 Å². The van der Waals surface area contributed by atoms with E-state index < -0.39 is 5.91 Å². The standard InChI is InChI=1S/C21H22N2O5/c1-13-4-5-17(8-14(13)2)27-12-21(25)23-22-20(24)9-15-11-28-19-10-16(26-3)6-7-18(15)19/h4-8,10-11H,9,12H2,1-3H3,(H,22,24)(H,23,25). The van der Waals surface area contributed by atoms with Gasteiger partial charge in [-0.25, -0.2) is 0 Å². The van der Waals surface area contributed by atoms with Crippen molar-refractivity contribution in [2.75, 3.05) is 13.7 Å². The highest BCUT2D eigenvalue weighted by Gasteiger charge is 2.12. The molecule has 3 rings (SSSR count). The summed E-state index contributed by atoms with van der Waals surface area (Å²) < 4.78 is 16.0. The molecule has 1 heterocycles. The van der Waals surface area contributed by atoms with Gasteiger partial charge in [-0.3, -0.25) is 20.4 Å². The van der Waals surface area contributed by atoms with E-state index in [2.05, 4.69) is 10.9 Å². The predicted molar refractivity (Wildman–Crippen MR) is 104 cm³/mol. The largest absolute Gasteiger partial charge is 0.497 e. The van der Waals surface area contributed by atoms with Gasteiger partial charge in [0.05, 0.1) is 19.8 Å². The van der Waals surface area contributed by atoms with Crippen LogP contribution < -0.4 is 20.3 Å². The molecule has 0 saturated carbocycles. The van der Waals surface area contributed by atoms with E-state index in [1.807, 2.05) is 32.0 Å². The highest BCUT2D eigenvalue weighted by atomic mass is 16.5. The third-order valence-corrected chi connectivity index (χ3v) is 4.40. The third-order valence-electron chi connectivity index (χ3n) is 4.40. The van der Waals surface area contributed by atoms with Gasteiger partial charge < -0.3 is 13.9 Å². The van der Waals surface area contributed by atoms with E-state index in [9.17, 15) is 9.59 Å². The molecule has 7 nitrogen and oxygen atoms in total. The Hall–Kier alpha value is -3.48. The van der Waals surface area contributed by atoms with Gasteiger partial charge in [-0.1, -0.05) is 6.07 Å². The molecule has 0 radical (unpaired) electrons. The van der Waals surface area contributed by atoms with Crippen molar-refractivity contribution >= 4 is 22.8 Å². The SMILES string of the molecule is COc1ccc2c(CC(=O)NNC(=O)COc3ccc(C)c(C)c3)coc2c1. The summed E-state index contributed by atoms with van der Waals surface area (Å²) in [7, 11) is 1.57. The number of furan rings is 1. The molecule has 28 heavy (non-hydrogen) atoms. The van der Waals surface area contributed by atoms with E-state index in [1.165, 1.54) is 6.26 Å². The Morgan fingerprint density at radius 1 is 0.964 bits per heavy atom. The third kappa shape index (κ3) is 4.62. The molecule has 0 saturated heterocycles. The van der Waals surface area contributed by atoms with Crippen LogP contribution >= 0.6 is 0 Å². The van der Waals surface area contributed by atoms with Crippen LogP contribution in [0.2, 0.25) is 0 Å². The zero-order chi connectivity index (χ0) is 20.1. The number of carbonyl (C=O) groups is 2.